The molecule has 4 rings (SSSR count). The second-order valence-electron chi connectivity index (χ2n) is 5.51. The van der Waals surface area contributed by atoms with Crippen LogP contribution in [0.15, 0.2) is 60.9 Å². The number of fused-ring (bicyclic) bond motifs is 1. The summed E-state index contributed by atoms with van der Waals surface area (Å²) in [5.74, 6) is -0.951. The summed E-state index contributed by atoms with van der Waals surface area (Å²) >= 11 is 12.2. The Hall–Kier alpha value is -2.76. The molecule has 0 spiro atoms. The molecule has 3 aromatic heterocycles. The van der Waals surface area contributed by atoms with E-state index < -0.39 is 11.7 Å². The zero-order valence-corrected chi connectivity index (χ0v) is 14.7. The minimum Gasteiger partial charge on any atom is -0.296 e. The number of carbonyl (C=O) groups is 1. The molecule has 0 unspecified atom stereocenters. The van der Waals surface area contributed by atoms with Crippen molar-refractivity contribution in [3.05, 3.63) is 88.3 Å². The molecule has 7 heteroatoms. The monoisotopic (exact) mass is 385 g/mol. The summed E-state index contributed by atoms with van der Waals surface area (Å²) in [6.45, 7) is 0. The summed E-state index contributed by atoms with van der Waals surface area (Å²) < 4.78 is 15.8. The van der Waals surface area contributed by atoms with Gasteiger partial charge in [-0.25, -0.2) is 9.97 Å². The van der Waals surface area contributed by atoms with Crippen LogP contribution in [0.4, 0.5) is 4.39 Å². The number of nitrogens with zero attached hydrogens (tertiary/aromatic N) is 3. The number of hydrogen-bond acceptors (Lipinski definition) is 3. The van der Waals surface area contributed by atoms with E-state index in [9.17, 15) is 9.18 Å². The lowest BCUT2D eigenvalue weighted by Crippen LogP contribution is -2.07. The molecule has 0 N–H and O–H groups in total. The highest BCUT2D eigenvalue weighted by molar-refractivity contribution is 6.44. The first kappa shape index (κ1) is 16.7. The molecule has 0 atom stereocenters. The van der Waals surface area contributed by atoms with Gasteiger partial charge < -0.3 is 0 Å². The molecule has 0 aliphatic carbocycles. The zero-order valence-electron chi connectivity index (χ0n) is 13.2. The number of hydrogen-bond donors (Lipinski definition) is 0. The minimum atomic E-state index is -0.656. The van der Waals surface area contributed by atoms with E-state index in [1.165, 1.54) is 6.20 Å². The van der Waals surface area contributed by atoms with E-state index in [1.54, 1.807) is 59.1 Å². The van der Waals surface area contributed by atoms with Crippen LogP contribution in [0.5, 0.6) is 0 Å². The van der Waals surface area contributed by atoms with Crippen molar-refractivity contribution in [1.29, 1.82) is 0 Å². The average Bonchev–Trinajstić information content (AvgIpc) is 3.03. The molecular formula is C19H10Cl2FN3O. The molecule has 0 saturated carbocycles. The summed E-state index contributed by atoms with van der Waals surface area (Å²) in [6, 6.07) is 13.3. The van der Waals surface area contributed by atoms with Gasteiger partial charge in [-0.1, -0.05) is 35.3 Å². The van der Waals surface area contributed by atoms with Crippen LogP contribution in [-0.2, 0) is 0 Å². The van der Waals surface area contributed by atoms with Crippen molar-refractivity contribution in [2.45, 2.75) is 0 Å². The first-order chi connectivity index (χ1) is 12.6. The highest BCUT2D eigenvalue weighted by atomic mass is 35.5. The van der Waals surface area contributed by atoms with Gasteiger partial charge in [0, 0.05) is 18.0 Å². The van der Waals surface area contributed by atoms with Crippen molar-refractivity contribution in [2.75, 3.05) is 0 Å². The molecule has 0 fully saturated rings. The molecule has 0 amide bonds. The van der Waals surface area contributed by atoms with E-state index in [4.69, 9.17) is 23.2 Å². The van der Waals surface area contributed by atoms with Crippen LogP contribution >= 0.6 is 23.2 Å². The van der Waals surface area contributed by atoms with Crippen molar-refractivity contribution in [1.82, 2.24) is 14.4 Å². The van der Waals surface area contributed by atoms with Crippen LogP contribution in [0.2, 0.25) is 10.0 Å². The molecule has 26 heavy (non-hydrogen) atoms. The van der Waals surface area contributed by atoms with E-state index in [2.05, 4.69) is 9.97 Å². The fraction of sp³-hybridized carbons (Fsp3) is 0. The van der Waals surface area contributed by atoms with Crippen LogP contribution in [0.25, 0.3) is 16.8 Å². The molecule has 0 radical (unpaired) electrons. The number of aromatic nitrogens is 3. The number of imidazole rings is 1. The summed E-state index contributed by atoms with van der Waals surface area (Å²) in [5, 5.41) is 0.429. The van der Waals surface area contributed by atoms with Crippen LogP contribution in [0.1, 0.15) is 16.2 Å². The molecule has 0 saturated heterocycles. The molecule has 1 aromatic carbocycles. The third kappa shape index (κ3) is 2.66. The van der Waals surface area contributed by atoms with Crippen molar-refractivity contribution in [3.63, 3.8) is 0 Å². The number of halogens is 3. The first-order valence-electron chi connectivity index (χ1n) is 7.64. The van der Waals surface area contributed by atoms with Gasteiger partial charge in [-0.15, -0.1) is 0 Å². The Bertz CT molecular complexity index is 1160. The van der Waals surface area contributed by atoms with E-state index in [1.807, 2.05) is 0 Å². The molecule has 0 bridgehead atoms. The third-order valence-corrected chi connectivity index (χ3v) is 4.78. The Morgan fingerprint density at radius 1 is 1.04 bits per heavy atom. The Kier molecular flexibility index (Phi) is 4.18. The minimum absolute atomic E-state index is 0.114. The van der Waals surface area contributed by atoms with Crippen molar-refractivity contribution < 1.29 is 9.18 Å². The zero-order chi connectivity index (χ0) is 18.3. The predicted molar refractivity (Wildman–Crippen MR) is 98.3 cm³/mol. The number of carbonyl (C=O) groups excluding carboxylic acids is 1. The molecule has 4 aromatic rings. The van der Waals surface area contributed by atoms with Gasteiger partial charge in [-0.05, 0) is 36.4 Å². The lowest BCUT2D eigenvalue weighted by Gasteiger charge is -2.04. The van der Waals surface area contributed by atoms with E-state index >= 15 is 0 Å². The van der Waals surface area contributed by atoms with Gasteiger partial charge >= 0.3 is 0 Å². The summed E-state index contributed by atoms with van der Waals surface area (Å²) in [4.78, 5) is 21.1. The second kappa shape index (κ2) is 6.52. The van der Waals surface area contributed by atoms with E-state index in [-0.39, 0.29) is 27.0 Å². The molecule has 3 heterocycles. The standard InChI is InChI=1S/C19H10Cl2FN3O/c20-13-7-3-5-11(15(13)21)17(26)19-24-16(12-6-4-9-23-18(12)22)14-8-1-2-10-25(14)19/h1-10H. The SMILES string of the molecule is O=C(c1cccc(Cl)c1Cl)c1nc(-c2cccnc2F)c2ccccn12. The maximum absolute atomic E-state index is 14.2. The molecule has 0 aliphatic heterocycles. The number of ketones is 1. The van der Waals surface area contributed by atoms with Crippen LogP contribution in [0.3, 0.4) is 0 Å². The van der Waals surface area contributed by atoms with Crippen molar-refractivity contribution in [3.8, 4) is 11.3 Å². The number of benzene rings is 1. The summed E-state index contributed by atoms with van der Waals surface area (Å²) in [7, 11) is 0. The third-order valence-electron chi connectivity index (χ3n) is 3.96. The number of rotatable bonds is 3. The molecule has 128 valence electrons. The van der Waals surface area contributed by atoms with Gasteiger partial charge in [0.1, 0.15) is 5.69 Å². The average molecular weight is 386 g/mol. The van der Waals surface area contributed by atoms with Gasteiger partial charge in [0.05, 0.1) is 21.1 Å². The van der Waals surface area contributed by atoms with Gasteiger partial charge in [-0.3, -0.25) is 9.20 Å². The smallest absolute Gasteiger partial charge is 0.230 e. The van der Waals surface area contributed by atoms with Gasteiger partial charge in [0.2, 0.25) is 11.7 Å². The second-order valence-corrected chi connectivity index (χ2v) is 6.30. The molecule has 4 nitrogen and oxygen atoms in total. The Morgan fingerprint density at radius 2 is 1.88 bits per heavy atom. The highest BCUT2D eigenvalue weighted by Crippen LogP contribution is 2.30. The quantitative estimate of drug-likeness (QED) is 0.365. The van der Waals surface area contributed by atoms with Gasteiger partial charge in [0.15, 0.2) is 5.82 Å². The predicted octanol–water partition coefficient (Wildman–Crippen LogP) is 5.07. The topological polar surface area (TPSA) is 47.3 Å². The summed E-state index contributed by atoms with van der Waals surface area (Å²) in [6.07, 6.45) is 3.04. The van der Waals surface area contributed by atoms with Gasteiger partial charge in [0.25, 0.3) is 0 Å². The largest absolute Gasteiger partial charge is 0.296 e. The highest BCUT2D eigenvalue weighted by Gasteiger charge is 2.23. The maximum Gasteiger partial charge on any atom is 0.230 e. The van der Waals surface area contributed by atoms with Gasteiger partial charge in [-0.2, -0.15) is 4.39 Å². The molecular weight excluding hydrogens is 376 g/mol. The lowest BCUT2D eigenvalue weighted by atomic mass is 10.1. The van der Waals surface area contributed by atoms with Crippen LogP contribution < -0.4 is 0 Å². The van der Waals surface area contributed by atoms with E-state index in [0.717, 1.165) is 0 Å². The van der Waals surface area contributed by atoms with Crippen LogP contribution in [-0.4, -0.2) is 20.2 Å². The molecule has 0 aliphatic rings. The summed E-state index contributed by atoms with van der Waals surface area (Å²) in [5.41, 5.74) is 1.36. The Balaban J connectivity index is 1.96. The lowest BCUT2D eigenvalue weighted by molar-refractivity contribution is 0.102. The normalized spacial score (nSPS) is 11.0. The maximum atomic E-state index is 14.2. The van der Waals surface area contributed by atoms with E-state index in [0.29, 0.717) is 11.2 Å². The fourth-order valence-corrected chi connectivity index (χ4v) is 3.14. The van der Waals surface area contributed by atoms with Crippen LogP contribution in [0, 0.1) is 5.95 Å². The first-order valence-corrected chi connectivity index (χ1v) is 8.40. The number of pyridine rings is 2. The van der Waals surface area contributed by atoms with Crippen molar-refractivity contribution in [2.24, 2.45) is 0 Å². The fourth-order valence-electron chi connectivity index (χ4n) is 2.76. The Morgan fingerprint density at radius 3 is 2.69 bits per heavy atom. The van der Waals surface area contributed by atoms with Crippen molar-refractivity contribution >= 4 is 34.5 Å². The Labute approximate surface area is 157 Å².